The minimum absolute atomic E-state index is 0.0706. The summed E-state index contributed by atoms with van der Waals surface area (Å²) in [6.07, 6.45) is -1.23. The van der Waals surface area contributed by atoms with E-state index in [9.17, 15) is 19.8 Å². The van der Waals surface area contributed by atoms with Gasteiger partial charge in [-0.1, -0.05) is 0 Å². The third-order valence-electron chi connectivity index (χ3n) is 3.96. The van der Waals surface area contributed by atoms with Gasteiger partial charge in [0.15, 0.2) is 5.78 Å². The fourth-order valence-electron chi connectivity index (χ4n) is 2.45. The van der Waals surface area contributed by atoms with Gasteiger partial charge in [0.05, 0.1) is 32.5 Å². The van der Waals surface area contributed by atoms with Crippen molar-refractivity contribution in [3.8, 4) is 0 Å². The molecule has 0 unspecified atom stereocenters. The zero-order valence-electron chi connectivity index (χ0n) is 14.6. The summed E-state index contributed by atoms with van der Waals surface area (Å²) >= 11 is 0. The average Bonchev–Trinajstić information content (AvgIpc) is 2.53. The maximum absolute atomic E-state index is 12.0. The van der Waals surface area contributed by atoms with Crippen molar-refractivity contribution in [3.63, 3.8) is 0 Å². The minimum Gasteiger partial charge on any atom is -0.394 e. The van der Waals surface area contributed by atoms with E-state index in [2.05, 4.69) is 0 Å². The Bertz CT molecular complexity index is 465. The molecule has 1 aliphatic heterocycles. The van der Waals surface area contributed by atoms with Gasteiger partial charge in [-0.15, -0.1) is 0 Å². The summed E-state index contributed by atoms with van der Waals surface area (Å²) in [5.41, 5.74) is 0.402. The largest absolute Gasteiger partial charge is 0.394 e. The molecule has 4 atom stereocenters. The molecule has 8 heteroatoms. The zero-order valence-corrected chi connectivity index (χ0v) is 14.6. The molecule has 1 saturated heterocycles. The highest BCUT2D eigenvalue weighted by molar-refractivity contribution is 5.93. The number of amides is 1. The normalized spacial score (nSPS) is 27.8. The molecule has 0 saturated carbocycles. The molecule has 0 bridgehead atoms. The van der Waals surface area contributed by atoms with Crippen LogP contribution in [0.5, 0.6) is 0 Å². The van der Waals surface area contributed by atoms with Crippen LogP contribution in [0.2, 0.25) is 0 Å². The molecule has 0 radical (unpaired) electrons. The molecule has 0 aromatic carbocycles. The molecular weight excluding hydrogens is 318 g/mol. The third-order valence-corrected chi connectivity index (χ3v) is 3.96. The van der Waals surface area contributed by atoms with E-state index in [1.54, 1.807) is 6.92 Å². The van der Waals surface area contributed by atoms with E-state index in [-0.39, 0.29) is 31.5 Å². The number of hydrogen-bond donors (Lipinski definition) is 2. The summed E-state index contributed by atoms with van der Waals surface area (Å²) < 4.78 is 16.1. The van der Waals surface area contributed by atoms with Gasteiger partial charge in [0.25, 0.3) is 0 Å². The number of aliphatic hydroxyl groups excluding tert-OH is 2. The molecule has 1 rings (SSSR count). The van der Waals surface area contributed by atoms with E-state index in [1.165, 1.54) is 32.1 Å². The van der Waals surface area contributed by atoms with Crippen LogP contribution in [-0.4, -0.2) is 84.7 Å². The lowest BCUT2D eigenvalue weighted by Gasteiger charge is -2.43. The Kier molecular flexibility index (Phi) is 8.51. The van der Waals surface area contributed by atoms with Gasteiger partial charge >= 0.3 is 0 Å². The van der Waals surface area contributed by atoms with Crippen molar-refractivity contribution in [2.75, 3.05) is 33.5 Å². The van der Waals surface area contributed by atoms with Gasteiger partial charge in [-0.3, -0.25) is 9.59 Å². The summed E-state index contributed by atoms with van der Waals surface area (Å²) in [6, 6.07) is -0.619. The number of aliphatic hydroxyl groups is 2. The van der Waals surface area contributed by atoms with E-state index in [0.29, 0.717) is 12.2 Å². The molecule has 0 aromatic rings. The van der Waals surface area contributed by atoms with E-state index < -0.39 is 24.4 Å². The number of ether oxygens (including phenoxy) is 3. The van der Waals surface area contributed by atoms with Crippen LogP contribution in [0.3, 0.4) is 0 Å². The van der Waals surface area contributed by atoms with E-state index >= 15 is 0 Å². The van der Waals surface area contributed by atoms with E-state index in [0.717, 1.165) is 0 Å². The SMILES string of the molecule is COCCO[C@@H]1[C@H](O)[C@@H](CO)OC[C@H]1N(/C=C(/C)C(C)=O)C(C)=O. The number of allylic oxidation sites excluding steroid dienone is 1. The van der Waals surface area contributed by atoms with Crippen LogP contribution in [0.1, 0.15) is 20.8 Å². The van der Waals surface area contributed by atoms with E-state index in [4.69, 9.17) is 14.2 Å². The highest BCUT2D eigenvalue weighted by atomic mass is 16.6. The Hall–Kier alpha value is -1.32. The molecule has 2 N–H and O–H groups in total. The second kappa shape index (κ2) is 9.85. The molecule has 0 aromatic heterocycles. The van der Waals surface area contributed by atoms with Crippen molar-refractivity contribution < 1.29 is 34.0 Å². The maximum atomic E-state index is 12.0. The van der Waals surface area contributed by atoms with Crippen LogP contribution in [0.4, 0.5) is 0 Å². The first-order valence-electron chi connectivity index (χ1n) is 7.82. The first-order chi connectivity index (χ1) is 11.3. The van der Waals surface area contributed by atoms with Crippen molar-refractivity contribution in [1.82, 2.24) is 4.90 Å². The van der Waals surface area contributed by atoms with Crippen molar-refractivity contribution >= 4 is 11.7 Å². The summed E-state index contributed by atoms with van der Waals surface area (Å²) in [5.74, 6) is -0.470. The predicted octanol–water partition coefficient (Wildman–Crippen LogP) is -0.520. The number of Topliss-reactive ketones (excluding diaryl/α,β-unsaturated/α-hetero) is 1. The molecule has 1 aliphatic rings. The van der Waals surface area contributed by atoms with Crippen LogP contribution in [0.15, 0.2) is 11.8 Å². The van der Waals surface area contributed by atoms with Gasteiger partial charge in [-0.05, 0) is 13.8 Å². The van der Waals surface area contributed by atoms with Crippen LogP contribution >= 0.6 is 0 Å². The number of rotatable bonds is 8. The molecule has 0 aliphatic carbocycles. The Morgan fingerprint density at radius 3 is 2.46 bits per heavy atom. The second-order valence-corrected chi connectivity index (χ2v) is 5.74. The van der Waals surface area contributed by atoms with Gasteiger partial charge in [-0.25, -0.2) is 0 Å². The fourth-order valence-corrected chi connectivity index (χ4v) is 2.45. The monoisotopic (exact) mass is 345 g/mol. The number of hydrogen-bond acceptors (Lipinski definition) is 7. The Labute approximate surface area is 142 Å². The van der Waals surface area contributed by atoms with Crippen LogP contribution in [-0.2, 0) is 23.8 Å². The van der Waals surface area contributed by atoms with E-state index in [1.807, 2.05) is 0 Å². The lowest BCUT2D eigenvalue weighted by Crippen LogP contribution is -2.61. The van der Waals surface area contributed by atoms with Gasteiger partial charge < -0.3 is 29.3 Å². The molecule has 1 heterocycles. The fraction of sp³-hybridized carbons (Fsp3) is 0.750. The number of carbonyl (C=O) groups excluding carboxylic acids is 2. The molecule has 8 nitrogen and oxygen atoms in total. The minimum atomic E-state index is -1.11. The van der Waals surface area contributed by atoms with Crippen LogP contribution in [0, 0.1) is 0 Å². The second-order valence-electron chi connectivity index (χ2n) is 5.74. The Morgan fingerprint density at radius 2 is 1.96 bits per heavy atom. The molecule has 1 fully saturated rings. The lowest BCUT2D eigenvalue weighted by atomic mass is 9.96. The quantitative estimate of drug-likeness (QED) is 0.450. The number of methoxy groups -OCH3 is 1. The summed E-state index contributed by atoms with van der Waals surface area (Å²) in [7, 11) is 1.53. The highest BCUT2D eigenvalue weighted by Gasteiger charge is 2.43. The summed E-state index contributed by atoms with van der Waals surface area (Å²) in [6.45, 7) is 4.62. The number of ketones is 1. The topological polar surface area (TPSA) is 106 Å². The predicted molar refractivity (Wildman–Crippen MR) is 85.2 cm³/mol. The molecule has 138 valence electrons. The standard InChI is InChI=1S/C16H27NO7/c1-10(11(2)19)7-17(12(3)20)13-9-24-14(8-18)15(21)16(13)23-6-5-22-4/h7,13-16,18,21H,5-6,8-9H2,1-4H3/b10-7-/t13-,14-,15-,16+/m1/s1. The first kappa shape index (κ1) is 20.7. The lowest BCUT2D eigenvalue weighted by molar-refractivity contribution is -0.196. The van der Waals surface area contributed by atoms with Gasteiger partial charge in [-0.2, -0.15) is 0 Å². The van der Waals surface area contributed by atoms with Gasteiger partial charge in [0.2, 0.25) is 5.91 Å². The van der Waals surface area contributed by atoms with Gasteiger partial charge in [0.1, 0.15) is 18.3 Å². The van der Waals surface area contributed by atoms with Crippen molar-refractivity contribution in [1.29, 1.82) is 0 Å². The molecular formula is C16H27NO7. The van der Waals surface area contributed by atoms with Crippen LogP contribution < -0.4 is 0 Å². The third kappa shape index (κ3) is 5.35. The molecule has 24 heavy (non-hydrogen) atoms. The number of carbonyl (C=O) groups is 2. The van der Waals surface area contributed by atoms with Crippen molar-refractivity contribution in [2.45, 2.75) is 45.1 Å². The Morgan fingerprint density at radius 1 is 1.29 bits per heavy atom. The van der Waals surface area contributed by atoms with Crippen LogP contribution in [0.25, 0.3) is 0 Å². The van der Waals surface area contributed by atoms with Crippen molar-refractivity contribution in [2.24, 2.45) is 0 Å². The molecule has 0 spiro atoms. The highest BCUT2D eigenvalue weighted by Crippen LogP contribution is 2.23. The zero-order chi connectivity index (χ0) is 18.3. The van der Waals surface area contributed by atoms with Crippen molar-refractivity contribution in [3.05, 3.63) is 11.8 Å². The number of nitrogens with zero attached hydrogens (tertiary/aromatic N) is 1. The average molecular weight is 345 g/mol. The first-order valence-corrected chi connectivity index (χ1v) is 7.82. The molecule has 1 amide bonds. The smallest absolute Gasteiger partial charge is 0.223 e. The summed E-state index contributed by atoms with van der Waals surface area (Å²) in [5, 5.41) is 19.7. The summed E-state index contributed by atoms with van der Waals surface area (Å²) in [4.78, 5) is 24.8. The maximum Gasteiger partial charge on any atom is 0.223 e. The Balaban J connectivity index is 3.05. The van der Waals surface area contributed by atoms with Gasteiger partial charge in [0, 0.05) is 25.8 Å².